The summed E-state index contributed by atoms with van der Waals surface area (Å²) >= 11 is 1.74. The molecule has 0 bridgehead atoms. The molecule has 0 saturated heterocycles. The average molecular weight is 309 g/mol. The molecule has 4 rings (SSSR count). The van der Waals surface area contributed by atoms with Gasteiger partial charge >= 0.3 is 0 Å². The third-order valence-electron chi connectivity index (χ3n) is 3.45. The summed E-state index contributed by atoms with van der Waals surface area (Å²) in [6.45, 7) is 4.00. The molecule has 0 radical (unpaired) electrons. The molecule has 2 N–H and O–H groups in total. The van der Waals surface area contributed by atoms with E-state index < -0.39 is 0 Å². The van der Waals surface area contributed by atoms with Crippen molar-refractivity contribution in [3.8, 4) is 0 Å². The Labute approximate surface area is 134 Å². The van der Waals surface area contributed by atoms with Crippen molar-refractivity contribution in [3.63, 3.8) is 0 Å². The van der Waals surface area contributed by atoms with Gasteiger partial charge in [-0.2, -0.15) is 0 Å². The fourth-order valence-corrected chi connectivity index (χ4v) is 3.35. The van der Waals surface area contributed by atoms with Crippen LogP contribution in [0, 0.1) is 0 Å². The van der Waals surface area contributed by atoms with Crippen LogP contribution in [0.2, 0.25) is 0 Å². The topological polar surface area (TPSA) is 37.0 Å². The van der Waals surface area contributed by atoms with Crippen LogP contribution in [0.15, 0.2) is 54.2 Å². The van der Waals surface area contributed by atoms with Gasteiger partial charge in [0.05, 0.1) is 15.9 Å². The highest BCUT2D eigenvalue weighted by Crippen LogP contribution is 2.32. The number of aromatic nitrogens is 1. The molecule has 0 amide bonds. The lowest BCUT2D eigenvalue weighted by atomic mass is 10.1. The lowest BCUT2D eigenvalue weighted by Gasteiger charge is -2.09. The van der Waals surface area contributed by atoms with Crippen molar-refractivity contribution < 1.29 is 0 Å². The molecule has 1 aliphatic carbocycles. The van der Waals surface area contributed by atoms with Crippen LogP contribution in [0.5, 0.6) is 0 Å². The number of pyridine rings is 1. The van der Waals surface area contributed by atoms with Crippen LogP contribution in [0.4, 0.5) is 0 Å². The van der Waals surface area contributed by atoms with E-state index in [0.29, 0.717) is 0 Å². The lowest BCUT2D eigenvalue weighted by Crippen LogP contribution is -2.23. The predicted octanol–water partition coefficient (Wildman–Crippen LogP) is 4.63. The summed E-state index contributed by atoms with van der Waals surface area (Å²) in [6.07, 6.45) is 13.4. The van der Waals surface area contributed by atoms with E-state index in [4.69, 9.17) is 4.98 Å². The molecule has 0 aromatic carbocycles. The number of hydrogen-bond donors (Lipinski definition) is 2. The molecule has 0 atom stereocenters. The van der Waals surface area contributed by atoms with E-state index in [0.717, 1.165) is 23.2 Å². The van der Waals surface area contributed by atoms with Crippen LogP contribution in [0.25, 0.3) is 21.4 Å². The van der Waals surface area contributed by atoms with Crippen molar-refractivity contribution in [2.24, 2.45) is 0 Å². The maximum absolute atomic E-state index is 4.86. The normalized spacial score (nSPS) is 15.5. The lowest BCUT2D eigenvalue weighted by molar-refractivity contribution is 0.771. The third-order valence-corrected chi connectivity index (χ3v) is 4.39. The third kappa shape index (κ3) is 2.70. The maximum atomic E-state index is 4.86. The summed E-state index contributed by atoms with van der Waals surface area (Å²) in [5.41, 5.74) is 11.6. The van der Waals surface area contributed by atoms with Gasteiger partial charge in [0.15, 0.2) is 0 Å². The fourth-order valence-electron chi connectivity index (χ4n) is 2.44. The van der Waals surface area contributed by atoms with Crippen molar-refractivity contribution >= 4 is 32.7 Å². The zero-order chi connectivity index (χ0) is 15.4. The standard InChI is InChI=1S/C16H13N3S.C2H6/c1-2-4-11(3-1)14-5-6-15-16(19-14)13(10-20-15)12-7-8-17-18-9-12;1-2/h1,3-10,17-18H,2H2;1-2H3. The number of hydrazine groups is 1. The monoisotopic (exact) mass is 309 g/mol. The molecule has 2 aromatic heterocycles. The van der Waals surface area contributed by atoms with Crippen LogP contribution in [-0.2, 0) is 0 Å². The molecule has 0 saturated carbocycles. The molecule has 0 unspecified atom stereocenters. The van der Waals surface area contributed by atoms with Gasteiger partial charge in [-0.1, -0.05) is 32.1 Å². The predicted molar refractivity (Wildman–Crippen MR) is 96.1 cm³/mol. The Kier molecular flexibility index (Phi) is 4.39. The van der Waals surface area contributed by atoms with E-state index >= 15 is 0 Å². The van der Waals surface area contributed by atoms with Gasteiger partial charge in [-0.25, -0.2) is 4.98 Å². The molecule has 3 heterocycles. The second-order valence-corrected chi connectivity index (χ2v) is 5.62. The number of rotatable bonds is 2. The van der Waals surface area contributed by atoms with Gasteiger partial charge in [-0.3, -0.25) is 0 Å². The molecule has 1 aliphatic heterocycles. The van der Waals surface area contributed by atoms with Crippen LogP contribution >= 0.6 is 11.3 Å². The summed E-state index contributed by atoms with van der Waals surface area (Å²) in [7, 11) is 0. The second-order valence-electron chi connectivity index (χ2n) is 4.71. The van der Waals surface area contributed by atoms with E-state index in [1.807, 2.05) is 26.2 Å². The summed E-state index contributed by atoms with van der Waals surface area (Å²) in [4.78, 5) is 4.86. The highest BCUT2D eigenvalue weighted by Gasteiger charge is 2.12. The average Bonchev–Trinajstić information content (AvgIpc) is 3.26. The fraction of sp³-hybridized carbons (Fsp3) is 0.167. The van der Waals surface area contributed by atoms with Crippen LogP contribution in [0.1, 0.15) is 31.5 Å². The molecule has 0 fully saturated rings. The second kappa shape index (κ2) is 6.62. The van der Waals surface area contributed by atoms with Gasteiger partial charge in [0.1, 0.15) is 0 Å². The van der Waals surface area contributed by atoms with Crippen molar-refractivity contribution in [2.45, 2.75) is 20.3 Å². The van der Waals surface area contributed by atoms with E-state index in [2.05, 4.69) is 52.7 Å². The minimum Gasteiger partial charge on any atom is -0.309 e. The summed E-state index contributed by atoms with van der Waals surface area (Å²) < 4.78 is 1.22. The van der Waals surface area contributed by atoms with Crippen LogP contribution in [0.3, 0.4) is 0 Å². The molecule has 4 heteroatoms. The first-order valence-electron chi connectivity index (χ1n) is 7.55. The van der Waals surface area contributed by atoms with Crippen molar-refractivity contribution in [2.75, 3.05) is 0 Å². The van der Waals surface area contributed by atoms with Gasteiger partial charge in [0, 0.05) is 28.9 Å². The van der Waals surface area contributed by atoms with E-state index in [1.54, 1.807) is 11.3 Å². The highest BCUT2D eigenvalue weighted by molar-refractivity contribution is 7.17. The SMILES string of the molecule is C1=CC(c2ccc3scc(C4=CNNC=C4)c3n2)=CC1.CC. The number of hydrogen-bond acceptors (Lipinski definition) is 4. The molecule has 0 spiro atoms. The van der Waals surface area contributed by atoms with Gasteiger partial charge < -0.3 is 10.9 Å². The molecule has 2 aliphatic rings. The molecular weight excluding hydrogens is 290 g/mol. The zero-order valence-corrected chi connectivity index (χ0v) is 13.6. The number of nitrogens with zero attached hydrogens (tertiary/aromatic N) is 1. The quantitative estimate of drug-likeness (QED) is 0.849. The Balaban J connectivity index is 0.000000693. The largest absolute Gasteiger partial charge is 0.309 e. The first-order valence-corrected chi connectivity index (χ1v) is 8.43. The van der Waals surface area contributed by atoms with E-state index in [9.17, 15) is 0 Å². The Morgan fingerprint density at radius 3 is 2.73 bits per heavy atom. The first-order chi connectivity index (χ1) is 10.9. The highest BCUT2D eigenvalue weighted by atomic mass is 32.1. The van der Waals surface area contributed by atoms with E-state index in [-0.39, 0.29) is 0 Å². The zero-order valence-electron chi connectivity index (χ0n) is 12.8. The Bertz CT molecular complexity index is 794. The van der Waals surface area contributed by atoms with Crippen molar-refractivity contribution in [1.29, 1.82) is 0 Å². The van der Waals surface area contributed by atoms with Crippen molar-refractivity contribution in [3.05, 3.63) is 65.5 Å². The molecule has 112 valence electrons. The Hall–Kier alpha value is -2.33. The molecular formula is C18H19N3S. The number of nitrogens with one attached hydrogen (secondary N) is 2. The molecule has 2 aromatic rings. The minimum absolute atomic E-state index is 1.01. The van der Waals surface area contributed by atoms with Gasteiger partial charge in [0.2, 0.25) is 0 Å². The summed E-state index contributed by atoms with van der Waals surface area (Å²) in [5, 5.41) is 2.17. The molecule has 3 nitrogen and oxygen atoms in total. The minimum atomic E-state index is 1.01. The maximum Gasteiger partial charge on any atom is 0.0896 e. The van der Waals surface area contributed by atoms with Gasteiger partial charge in [-0.15, -0.1) is 11.3 Å². The Morgan fingerprint density at radius 1 is 1.09 bits per heavy atom. The molecule has 22 heavy (non-hydrogen) atoms. The summed E-state index contributed by atoms with van der Waals surface area (Å²) in [6, 6.07) is 4.27. The van der Waals surface area contributed by atoms with Gasteiger partial charge in [0.25, 0.3) is 0 Å². The smallest absolute Gasteiger partial charge is 0.0896 e. The number of allylic oxidation sites excluding steroid dienone is 6. The number of thiophene rings is 1. The summed E-state index contributed by atoms with van der Waals surface area (Å²) in [5.74, 6) is 0. The van der Waals surface area contributed by atoms with Gasteiger partial charge in [-0.05, 0) is 30.2 Å². The Morgan fingerprint density at radius 2 is 2.00 bits per heavy atom. The first kappa shape index (κ1) is 14.6. The van der Waals surface area contributed by atoms with Crippen LogP contribution < -0.4 is 10.9 Å². The van der Waals surface area contributed by atoms with E-state index in [1.165, 1.54) is 15.8 Å². The number of fused-ring (bicyclic) bond motifs is 1. The van der Waals surface area contributed by atoms with Crippen molar-refractivity contribution in [1.82, 2.24) is 15.8 Å². The van der Waals surface area contributed by atoms with Crippen LogP contribution in [-0.4, -0.2) is 4.98 Å².